The number of hydrogen-bond donors (Lipinski definition) is 1. The standard InChI is InChI=1S/C15H17NOS/c1-2-14(12-8-4-3-5-9-12)18(17)15-11-7-6-10-13(15)16/h3-11,14H,2,16H2,1H3/t14-,18-/m1/s1. The number of hydrogen-bond acceptors (Lipinski definition) is 2. The highest BCUT2D eigenvalue weighted by molar-refractivity contribution is 7.85. The quantitative estimate of drug-likeness (QED) is 0.854. The molecule has 2 atom stereocenters. The Morgan fingerprint density at radius 1 is 1.06 bits per heavy atom. The predicted molar refractivity (Wildman–Crippen MR) is 76.7 cm³/mol. The highest BCUT2D eigenvalue weighted by Gasteiger charge is 2.19. The Labute approximate surface area is 110 Å². The molecule has 0 amide bonds. The van der Waals surface area contributed by atoms with Gasteiger partial charge in [0, 0.05) is 5.69 Å². The summed E-state index contributed by atoms with van der Waals surface area (Å²) >= 11 is 0. The molecule has 0 aromatic heterocycles. The number of para-hydroxylation sites is 1. The van der Waals surface area contributed by atoms with Crippen LogP contribution in [0.2, 0.25) is 0 Å². The molecule has 2 aromatic carbocycles. The fourth-order valence-corrected chi connectivity index (χ4v) is 3.52. The maximum Gasteiger partial charge on any atom is 0.0642 e. The lowest BCUT2D eigenvalue weighted by atomic mass is 10.1. The molecule has 0 aliphatic rings. The van der Waals surface area contributed by atoms with E-state index in [9.17, 15) is 4.21 Å². The van der Waals surface area contributed by atoms with Gasteiger partial charge in [0.1, 0.15) is 0 Å². The zero-order valence-corrected chi connectivity index (χ0v) is 11.2. The minimum atomic E-state index is -1.11. The Kier molecular flexibility index (Phi) is 4.15. The Balaban J connectivity index is 2.35. The summed E-state index contributed by atoms with van der Waals surface area (Å²) in [6, 6.07) is 17.3. The average Bonchev–Trinajstić information content (AvgIpc) is 2.41. The van der Waals surface area contributed by atoms with Gasteiger partial charge in [-0.1, -0.05) is 49.4 Å². The molecule has 0 aliphatic carbocycles. The molecule has 94 valence electrons. The number of rotatable bonds is 4. The summed E-state index contributed by atoms with van der Waals surface area (Å²) in [5, 5.41) is -0.00380. The minimum Gasteiger partial charge on any atom is -0.398 e. The molecule has 0 radical (unpaired) electrons. The van der Waals surface area contributed by atoms with Crippen LogP contribution in [-0.2, 0) is 10.8 Å². The van der Waals surface area contributed by atoms with Gasteiger partial charge < -0.3 is 5.73 Å². The molecular weight excluding hydrogens is 242 g/mol. The van der Waals surface area contributed by atoms with Crippen molar-refractivity contribution in [2.45, 2.75) is 23.5 Å². The molecule has 0 fully saturated rings. The molecule has 3 heteroatoms. The van der Waals surface area contributed by atoms with Crippen molar-refractivity contribution in [1.29, 1.82) is 0 Å². The number of benzene rings is 2. The molecule has 0 spiro atoms. The SMILES string of the molecule is CC[C@H](c1ccccc1)[S@@](=O)c1ccccc1N. The molecule has 0 saturated carbocycles. The molecule has 0 unspecified atom stereocenters. The maximum absolute atomic E-state index is 12.6. The van der Waals surface area contributed by atoms with Gasteiger partial charge in [0.15, 0.2) is 0 Å². The third-order valence-corrected chi connectivity index (χ3v) is 4.86. The van der Waals surface area contributed by atoms with Crippen molar-refractivity contribution in [2.75, 3.05) is 5.73 Å². The second-order valence-corrected chi connectivity index (χ2v) is 5.75. The fourth-order valence-electron chi connectivity index (χ4n) is 2.00. The molecule has 2 aromatic rings. The second kappa shape index (κ2) is 5.83. The van der Waals surface area contributed by atoms with E-state index in [0.717, 1.165) is 16.9 Å². The minimum absolute atomic E-state index is 0.00380. The van der Waals surface area contributed by atoms with Crippen molar-refractivity contribution >= 4 is 16.5 Å². The highest BCUT2D eigenvalue weighted by atomic mass is 32.2. The molecule has 18 heavy (non-hydrogen) atoms. The van der Waals surface area contributed by atoms with E-state index in [4.69, 9.17) is 5.73 Å². The van der Waals surface area contributed by atoms with E-state index in [1.54, 1.807) is 6.07 Å². The third-order valence-electron chi connectivity index (χ3n) is 2.94. The molecule has 0 heterocycles. The van der Waals surface area contributed by atoms with Crippen molar-refractivity contribution in [3.8, 4) is 0 Å². The Bertz CT molecular complexity index is 539. The zero-order chi connectivity index (χ0) is 13.0. The second-order valence-electron chi connectivity index (χ2n) is 4.14. The van der Waals surface area contributed by atoms with Crippen LogP contribution in [0.5, 0.6) is 0 Å². The lowest BCUT2D eigenvalue weighted by Crippen LogP contribution is -2.08. The molecule has 2 rings (SSSR count). The van der Waals surface area contributed by atoms with Crippen LogP contribution >= 0.6 is 0 Å². The van der Waals surface area contributed by atoms with Gasteiger partial charge in [-0.15, -0.1) is 0 Å². The van der Waals surface area contributed by atoms with Crippen molar-refractivity contribution in [1.82, 2.24) is 0 Å². The van der Waals surface area contributed by atoms with E-state index >= 15 is 0 Å². The summed E-state index contributed by atoms with van der Waals surface area (Å²) in [7, 11) is -1.11. The van der Waals surface area contributed by atoms with E-state index in [2.05, 4.69) is 6.92 Å². The average molecular weight is 259 g/mol. The first-order valence-corrected chi connectivity index (χ1v) is 7.25. The third kappa shape index (κ3) is 2.62. The van der Waals surface area contributed by atoms with Gasteiger partial charge in [-0.2, -0.15) is 0 Å². The monoisotopic (exact) mass is 259 g/mol. The van der Waals surface area contributed by atoms with Gasteiger partial charge in [0.2, 0.25) is 0 Å². The van der Waals surface area contributed by atoms with Crippen LogP contribution in [0.25, 0.3) is 0 Å². The molecular formula is C15H17NOS. The van der Waals surface area contributed by atoms with E-state index < -0.39 is 10.8 Å². The molecule has 0 bridgehead atoms. The summed E-state index contributed by atoms with van der Waals surface area (Å²) in [5.74, 6) is 0. The number of nitrogens with two attached hydrogens (primary N) is 1. The van der Waals surface area contributed by atoms with Crippen molar-refractivity contribution in [2.24, 2.45) is 0 Å². The van der Waals surface area contributed by atoms with Crippen LogP contribution in [0.3, 0.4) is 0 Å². The first-order valence-electron chi connectivity index (χ1n) is 6.04. The zero-order valence-electron chi connectivity index (χ0n) is 10.4. The maximum atomic E-state index is 12.6. The predicted octanol–water partition coefficient (Wildman–Crippen LogP) is 3.53. The summed E-state index contributed by atoms with van der Waals surface area (Å²) in [6.45, 7) is 2.05. The molecule has 0 aliphatic heterocycles. The van der Waals surface area contributed by atoms with Crippen LogP contribution in [0.1, 0.15) is 24.2 Å². The van der Waals surface area contributed by atoms with Crippen molar-refractivity contribution < 1.29 is 4.21 Å². The summed E-state index contributed by atoms with van der Waals surface area (Å²) in [5.41, 5.74) is 7.60. The summed E-state index contributed by atoms with van der Waals surface area (Å²) in [4.78, 5) is 0.730. The molecule has 2 nitrogen and oxygen atoms in total. The lowest BCUT2D eigenvalue weighted by Gasteiger charge is -2.16. The summed E-state index contributed by atoms with van der Waals surface area (Å²) in [6.07, 6.45) is 0.824. The number of anilines is 1. The van der Waals surface area contributed by atoms with Crippen LogP contribution in [0.15, 0.2) is 59.5 Å². The first-order chi connectivity index (χ1) is 8.74. The van der Waals surface area contributed by atoms with E-state index in [0.29, 0.717) is 5.69 Å². The first kappa shape index (κ1) is 12.8. The Hall–Kier alpha value is -1.61. The van der Waals surface area contributed by atoms with Crippen molar-refractivity contribution in [3.63, 3.8) is 0 Å². The smallest absolute Gasteiger partial charge is 0.0642 e. The van der Waals surface area contributed by atoms with Crippen molar-refractivity contribution in [3.05, 3.63) is 60.2 Å². The summed E-state index contributed by atoms with van der Waals surface area (Å²) < 4.78 is 12.6. The van der Waals surface area contributed by atoms with Crippen LogP contribution < -0.4 is 5.73 Å². The normalized spacial score (nSPS) is 14.1. The van der Waals surface area contributed by atoms with Crippen LogP contribution in [-0.4, -0.2) is 4.21 Å². The van der Waals surface area contributed by atoms with E-state index in [1.807, 2.05) is 48.5 Å². The van der Waals surface area contributed by atoms with Gasteiger partial charge in [-0.3, -0.25) is 4.21 Å². The number of nitrogen functional groups attached to an aromatic ring is 1. The molecule has 2 N–H and O–H groups in total. The highest BCUT2D eigenvalue weighted by Crippen LogP contribution is 2.30. The van der Waals surface area contributed by atoms with E-state index in [-0.39, 0.29) is 5.25 Å². The van der Waals surface area contributed by atoms with Gasteiger partial charge in [0.05, 0.1) is 20.9 Å². The van der Waals surface area contributed by atoms with E-state index in [1.165, 1.54) is 0 Å². The van der Waals surface area contributed by atoms with Gasteiger partial charge in [-0.05, 0) is 24.1 Å². The largest absolute Gasteiger partial charge is 0.398 e. The van der Waals surface area contributed by atoms with Gasteiger partial charge in [0.25, 0.3) is 0 Å². The van der Waals surface area contributed by atoms with Gasteiger partial charge >= 0.3 is 0 Å². The fraction of sp³-hybridized carbons (Fsp3) is 0.200. The van der Waals surface area contributed by atoms with Crippen LogP contribution in [0, 0.1) is 0 Å². The Morgan fingerprint density at radius 3 is 2.28 bits per heavy atom. The lowest BCUT2D eigenvalue weighted by molar-refractivity contribution is 0.669. The molecule has 0 saturated heterocycles. The Morgan fingerprint density at radius 2 is 1.67 bits per heavy atom. The topological polar surface area (TPSA) is 43.1 Å². The van der Waals surface area contributed by atoms with Gasteiger partial charge in [-0.25, -0.2) is 0 Å². The van der Waals surface area contributed by atoms with Crippen LogP contribution in [0.4, 0.5) is 5.69 Å².